The van der Waals surface area contributed by atoms with Crippen LogP contribution in [-0.2, 0) is 22.4 Å². The fourth-order valence-electron chi connectivity index (χ4n) is 4.85. The highest BCUT2D eigenvalue weighted by Crippen LogP contribution is 2.37. The molecule has 1 fully saturated rings. The summed E-state index contributed by atoms with van der Waals surface area (Å²) in [5.74, 6) is -0.582. The molecule has 4 rings (SSSR count). The second-order valence-electron chi connectivity index (χ2n) is 9.68. The SMILES string of the molecule is CCc1nn(-c2cnc(C(N)=O)c(NC3CCCC3OC(=O)CN)n2)c2c1C(=O)CC(C)(C)C2. The lowest BCUT2D eigenvalue weighted by molar-refractivity contribution is -0.147. The number of anilines is 1. The second-order valence-corrected chi connectivity index (χ2v) is 9.68. The maximum Gasteiger partial charge on any atom is 0.320 e. The van der Waals surface area contributed by atoms with Gasteiger partial charge in [-0.25, -0.2) is 14.6 Å². The number of rotatable bonds is 7. The van der Waals surface area contributed by atoms with Crippen molar-refractivity contribution < 1.29 is 19.1 Å². The third-order valence-corrected chi connectivity index (χ3v) is 6.39. The lowest BCUT2D eigenvalue weighted by Crippen LogP contribution is -2.35. The summed E-state index contributed by atoms with van der Waals surface area (Å²) in [5.41, 5.74) is 12.9. The fraction of sp³-hybridized carbons (Fsp3) is 0.565. The zero-order valence-electron chi connectivity index (χ0n) is 19.8. The highest BCUT2D eigenvalue weighted by atomic mass is 16.5. The van der Waals surface area contributed by atoms with Crippen molar-refractivity contribution >= 4 is 23.5 Å². The number of carbonyl (C=O) groups is 3. The number of nitrogens with two attached hydrogens (primary N) is 2. The van der Waals surface area contributed by atoms with Gasteiger partial charge in [-0.2, -0.15) is 5.10 Å². The Morgan fingerprint density at radius 1 is 1.29 bits per heavy atom. The number of amides is 1. The average molecular weight is 470 g/mol. The Morgan fingerprint density at radius 3 is 2.74 bits per heavy atom. The van der Waals surface area contributed by atoms with Gasteiger partial charge in [0.05, 0.1) is 35.7 Å². The summed E-state index contributed by atoms with van der Waals surface area (Å²) in [6.45, 7) is 5.85. The number of hydrogen-bond donors (Lipinski definition) is 3. The highest BCUT2D eigenvalue weighted by molar-refractivity contribution is 6.00. The van der Waals surface area contributed by atoms with Crippen LogP contribution < -0.4 is 16.8 Å². The van der Waals surface area contributed by atoms with E-state index < -0.39 is 18.0 Å². The quantitative estimate of drug-likeness (QED) is 0.506. The van der Waals surface area contributed by atoms with Gasteiger partial charge in [0, 0.05) is 6.42 Å². The van der Waals surface area contributed by atoms with E-state index in [1.807, 2.05) is 6.92 Å². The van der Waals surface area contributed by atoms with E-state index in [2.05, 4.69) is 34.2 Å². The van der Waals surface area contributed by atoms with Crippen LogP contribution in [0.3, 0.4) is 0 Å². The Balaban J connectivity index is 1.73. The van der Waals surface area contributed by atoms with Crippen molar-refractivity contribution in [3.05, 3.63) is 28.8 Å². The van der Waals surface area contributed by atoms with E-state index in [0.717, 1.165) is 17.8 Å². The van der Waals surface area contributed by atoms with Gasteiger partial charge in [0.25, 0.3) is 5.91 Å². The molecule has 34 heavy (non-hydrogen) atoms. The molecule has 0 aromatic carbocycles. The largest absolute Gasteiger partial charge is 0.459 e. The molecule has 1 amide bonds. The number of esters is 1. The van der Waals surface area contributed by atoms with Gasteiger partial charge in [-0.1, -0.05) is 20.8 Å². The van der Waals surface area contributed by atoms with Crippen LogP contribution in [0.15, 0.2) is 6.20 Å². The molecule has 2 unspecified atom stereocenters. The number of nitrogens with one attached hydrogen (secondary N) is 1. The summed E-state index contributed by atoms with van der Waals surface area (Å²) in [4.78, 5) is 45.6. The van der Waals surface area contributed by atoms with E-state index in [9.17, 15) is 14.4 Å². The number of hydrogen-bond acceptors (Lipinski definition) is 9. The van der Waals surface area contributed by atoms with Crippen molar-refractivity contribution in [3.8, 4) is 5.82 Å². The number of aryl methyl sites for hydroxylation is 1. The zero-order valence-corrected chi connectivity index (χ0v) is 19.8. The summed E-state index contributed by atoms with van der Waals surface area (Å²) in [6.07, 6.45) is 4.98. The van der Waals surface area contributed by atoms with Crippen molar-refractivity contribution in [2.45, 2.75) is 71.4 Å². The molecule has 2 aromatic heterocycles. The van der Waals surface area contributed by atoms with Gasteiger partial charge in [-0.05, 0) is 37.5 Å². The third-order valence-electron chi connectivity index (χ3n) is 6.39. The van der Waals surface area contributed by atoms with E-state index in [0.29, 0.717) is 43.5 Å². The molecule has 182 valence electrons. The molecular formula is C23H31N7O4. The standard InChI is InChI=1S/C23H31N7O4/c1-4-12-19-14(8-23(2,3)9-15(19)31)30(29-12)17-11-26-20(21(25)33)22(28-17)27-13-6-5-7-16(13)34-18(32)10-24/h11,13,16H,4-10,24H2,1-3H3,(H2,25,33)(H,27,28). The number of primary amides is 1. The number of Topliss-reactive ketones (excluding diaryl/α,β-unsaturated/α-hetero) is 1. The van der Waals surface area contributed by atoms with Gasteiger partial charge in [-0.3, -0.25) is 14.4 Å². The molecule has 0 radical (unpaired) electrons. The van der Waals surface area contributed by atoms with Crippen LogP contribution >= 0.6 is 0 Å². The van der Waals surface area contributed by atoms with Gasteiger partial charge in [0.1, 0.15) is 6.10 Å². The summed E-state index contributed by atoms with van der Waals surface area (Å²) in [7, 11) is 0. The predicted octanol–water partition coefficient (Wildman–Crippen LogP) is 1.31. The van der Waals surface area contributed by atoms with Crippen LogP contribution in [0.5, 0.6) is 0 Å². The van der Waals surface area contributed by atoms with Crippen molar-refractivity contribution in [3.63, 3.8) is 0 Å². The van der Waals surface area contributed by atoms with Gasteiger partial charge >= 0.3 is 5.97 Å². The molecule has 1 saturated carbocycles. The predicted molar refractivity (Wildman–Crippen MR) is 124 cm³/mol. The first-order valence-electron chi connectivity index (χ1n) is 11.6. The molecule has 2 aromatic rings. The Morgan fingerprint density at radius 2 is 2.06 bits per heavy atom. The fourth-order valence-corrected chi connectivity index (χ4v) is 4.85. The average Bonchev–Trinajstić information content (AvgIpc) is 3.36. The number of carbonyl (C=O) groups excluding carboxylic acids is 3. The lowest BCUT2D eigenvalue weighted by Gasteiger charge is -2.29. The third kappa shape index (κ3) is 4.52. The Bertz CT molecular complexity index is 1140. The van der Waals surface area contributed by atoms with E-state index in [1.54, 1.807) is 4.68 Å². The number of nitrogens with zero attached hydrogens (tertiary/aromatic N) is 4. The first-order chi connectivity index (χ1) is 16.1. The van der Waals surface area contributed by atoms with Crippen molar-refractivity contribution in [2.75, 3.05) is 11.9 Å². The van der Waals surface area contributed by atoms with Crippen LogP contribution in [0.25, 0.3) is 5.82 Å². The molecule has 11 nitrogen and oxygen atoms in total. The maximum atomic E-state index is 12.9. The smallest absolute Gasteiger partial charge is 0.320 e. The van der Waals surface area contributed by atoms with Gasteiger partial charge in [0.2, 0.25) is 0 Å². The molecule has 2 heterocycles. The number of fused-ring (bicyclic) bond motifs is 1. The van der Waals surface area contributed by atoms with E-state index in [-0.39, 0.29) is 35.3 Å². The minimum absolute atomic E-state index is 0.0207. The Labute approximate surface area is 197 Å². The lowest BCUT2D eigenvalue weighted by atomic mass is 9.75. The normalized spacial score (nSPS) is 21.2. The molecular weight excluding hydrogens is 438 g/mol. The molecule has 2 aliphatic carbocycles. The summed E-state index contributed by atoms with van der Waals surface area (Å²) >= 11 is 0. The minimum Gasteiger partial charge on any atom is -0.459 e. The van der Waals surface area contributed by atoms with Gasteiger partial charge in [-0.15, -0.1) is 0 Å². The summed E-state index contributed by atoms with van der Waals surface area (Å²) < 4.78 is 7.09. The van der Waals surface area contributed by atoms with Crippen LogP contribution in [0.4, 0.5) is 5.82 Å². The van der Waals surface area contributed by atoms with E-state index in [4.69, 9.17) is 16.2 Å². The number of ether oxygens (including phenoxy) is 1. The molecule has 5 N–H and O–H groups in total. The minimum atomic E-state index is -0.733. The molecule has 2 aliphatic rings. The molecule has 0 bridgehead atoms. The van der Waals surface area contributed by atoms with Gasteiger partial charge < -0.3 is 21.5 Å². The van der Waals surface area contributed by atoms with Crippen molar-refractivity contribution in [1.29, 1.82) is 0 Å². The Kier molecular flexibility index (Phi) is 6.39. The topological polar surface area (TPSA) is 168 Å². The second kappa shape index (κ2) is 9.13. The summed E-state index contributed by atoms with van der Waals surface area (Å²) in [5, 5.41) is 7.88. The Hall–Kier alpha value is -3.34. The first kappa shape index (κ1) is 23.8. The van der Waals surface area contributed by atoms with Crippen LogP contribution in [-0.4, -0.2) is 56.1 Å². The number of ketones is 1. The van der Waals surface area contributed by atoms with E-state index in [1.165, 1.54) is 6.20 Å². The van der Waals surface area contributed by atoms with Crippen molar-refractivity contribution in [2.24, 2.45) is 16.9 Å². The number of aromatic nitrogens is 4. The maximum absolute atomic E-state index is 12.9. The van der Waals surface area contributed by atoms with Crippen LogP contribution in [0.1, 0.15) is 78.7 Å². The monoisotopic (exact) mass is 469 g/mol. The van der Waals surface area contributed by atoms with Crippen molar-refractivity contribution in [1.82, 2.24) is 19.7 Å². The molecule has 11 heteroatoms. The summed E-state index contributed by atoms with van der Waals surface area (Å²) in [6, 6.07) is -0.267. The molecule has 0 aliphatic heterocycles. The first-order valence-corrected chi connectivity index (χ1v) is 11.6. The van der Waals surface area contributed by atoms with Gasteiger partial charge in [0.15, 0.2) is 23.1 Å². The van der Waals surface area contributed by atoms with E-state index >= 15 is 0 Å². The zero-order chi connectivity index (χ0) is 24.6. The molecule has 0 saturated heterocycles. The van der Waals surface area contributed by atoms with Crippen LogP contribution in [0, 0.1) is 5.41 Å². The molecule has 0 spiro atoms. The molecule has 2 atom stereocenters. The van der Waals surface area contributed by atoms with Crippen LogP contribution in [0.2, 0.25) is 0 Å². The highest BCUT2D eigenvalue weighted by Gasteiger charge is 2.37.